The van der Waals surface area contributed by atoms with Gasteiger partial charge in [-0.3, -0.25) is 9.59 Å². The van der Waals surface area contributed by atoms with Crippen LogP contribution < -0.4 is 10.2 Å². The molecule has 1 atom stereocenters. The number of anilines is 1. The van der Waals surface area contributed by atoms with E-state index in [2.05, 4.69) is 41.1 Å². The number of benzene rings is 4. The number of carbonyl (C=O) groups is 3. The van der Waals surface area contributed by atoms with E-state index in [-0.39, 0.29) is 29.6 Å². The van der Waals surface area contributed by atoms with Gasteiger partial charge < -0.3 is 29.7 Å². The predicted octanol–water partition coefficient (Wildman–Crippen LogP) is 7.29. The van der Waals surface area contributed by atoms with Crippen LogP contribution in [0, 0.1) is 0 Å². The largest absolute Gasteiger partial charge is 0.508 e. The first-order valence-electron chi connectivity index (χ1n) is 18.1. The summed E-state index contributed by atoms with van der Waals surface area (Å²) in [5, 5.41) is 12.9. The quantitative estimate of drug-likeness (QED) is 0.195. The summed E-state index contributed by atoms with van der Waals surface area (Å²) in [6.45, 7) is 4.63. The van der Waals surface area contributed by atoms with Gasteiger partial charge in [-0.2, -0.15) is 0 Å². The maximum atomic E-state index is 14.8. The molecule has 0 saturated carbocycles. The maximum Gasteiger partial charge on any atom is 0.318 e. The zero-order valence-electron chi connectivity index (χ0n) is 29.6. The van der Waals surface area contributed by atoms with E-state index in [9.17, 15) is 19.5 Å². The molecule has 4 amide bonds. The number of phenols is 1. The van der Waals surface area contributed by atoms with Crippen LogP contribution in [0.5, 0.6) is 5.75 Å². The van der Waals surface area contributed by atoms with E-state index in [0.717, 1.165) is 71.4 Å². The summed E-state index contributed by atoms with van der Waals surface area (Å²) < 4.78 is 2.23. The molecule has 4 heterocycles. The minimum Gasteiger partial charge on any atom is -0.508 e. The summed E-state index contributed by atoms with van der Waals surface area (Å²) in [6.07, 6.45) is 3.48. The average molecular weight is 694 g/mol. The molecular weight excluding hydrogens is 651 g/mol. The Morgan fingerprint density at radius 1 is 0.808 bits per heavy atom. The lowest BCUT2D eigenvalue weighted by Gasteiger charge is -2.35. The lowest BCUT2D eigenvalue weighted by molar-refractivity contribution is 0.0658. The third-order valence-electron chi connectivity index (χ3n) is 10.9. The van der Waals surface area contributed by atoms with Crippen LogP contribution in [0.2, 0.25) is 0 Å². The molecule has 0 bridgehead atoms. The van der Waals surface area contributed by atoms with E-state index in [0.29, 0.717) is 43.0 Å². The molecular formula is C43H43N5O4. The van der Waals surface area contributed by atoms with Crippen LogP contribution in [0.4, 0.5) is 10.5 Å². The topological polar surface area (TPSA) is 98.1 Å². The van der Waals surface area contributed by atoms with Gasteiger partial charge in [0.1, 0.15) is 5.75 Å². The molecule has 0 radical (unpaired) electrons. The molecule has 0 unspecified atom stereocenters. The Balaban J connectivity index is 1.18. The summed E-state index contributed by atoms with van der Waals surface area (Å²) in [7, 11) is 1.75. The first-order valence-corrected chi connectivity index (χ1v) is 18.1. The summed E-state index contributed by atoms with van der Waals surface area (Å²) in [6, 6.07) is 30.7. The Labute approximate surface area is 304 Å². The monoisotopic (exact) mass is 693 g/mol. The van der Waals surface area contributed by atoms with Crippen molar-refractivity contribution in [3.63, 3.8) is 0 Å². The van der Waals surface area contributed by atoms with Crippen molar-refractivity contribution in [2.75, 3.05) is 11.9 Å². The first kappa shape index (κ1) is 33.3. The van der Waals surface area contributed by atoms with Crippen LogP contribution in [0.1, 0.15) is 74.0 Å². The molecule has 4 aromatic carbocycles. The lowest BCUT2D eigenvalue weighted by atomic mass is 9.92. The molecule has 5 aromatic rings. The molecule has 0 aliphatic carbocycles. The third kappa shape index (κ3) is 6.21. The summed E-state index contributed by atoms with van der Waals surface area (Å²) >= 11 is 0. The molecule has 0 fully saturated rings. The summed E-state index contributed by atoms with van der Waals surface area (Å²) in [5.74, 6) is -0.0490. The summed E-state index contributed by atoms with van der Waals surface area (Å²) in [5.41, 5.74) is 9.90. The smallest absolute Gasteiger partial charge is 0.318 e. The van der Waals surface area contributed by atoms with E-state index in [1.807, 2.05) is 53.4 Å². The van der Waals surface area contributed by atoms with Crippen molar-refractivity contribution in [1.82, 2.24) is 19.7 Å². The number of fused-ring (bicyclic) bond motifs is 3. The highest BCUT2D eigenvalue weighted by molar-refractivity contribution is 6.08. The van der Waals surface area contributed by atoms with Gasteiger partial charge in [-0.05, 0) is 103 Å². The van der Waals surface area contributed by atoms with Crippen molar-refractivity contribution in [3.8, 4) is 17.0 Å². The van der Waals surface area contributed by atoms with Crippen molar-refractivity contribution in [2.24, 2.45) is 0 Å². The van der Waals surface area contributed by atoms with Gasteiger partial charge in [0.25, 0.3) is 11.8 Å². The van der Waals surface area contributed by atoms with Crippen LogP contribution in [0.25, 0.3) is 11.3 Å². The van der Waals surface area contributed by atoms with Crippen molar-refractivity contribution >= 4 is 23.5 Å². The highest BCUT2D eigenvalue weighted by Crippen LogP contribution is 2.38. The SMILES string of the molecule is C[C@@H]1Cc2ccccc2CN1C(=O)c1cc2c(cc1-c1cc(C(=O)N(C)c3ccc(O)cc3)c3n1CCCC3)CN(C(=O)NCc1ccccc1)C2. The fraction of sp³-hybridized carbons (Fsp3) is 0.279. The number of phenolic OH excluding ortho intramolecular Hbond substituents is 1. The minimum atomic E-state index is -0.152. The van der Waals surface area contributed by atoms with Gasteiger partial charge in [-0.15, -0.1) is 0 Å². The molecule has 264 valence electrons. The predicted molar refractivity (Wildman–Crippen MR) is 201 cm³/mol. The van der Waals surface area contributed by atoms with E-state index in [1.54, 1.807) is 41.1 Å². The Morgan fingerprint density at radius 2 is 1.52 bits per heavy atom. The van der Waals surface area contributed by atoms with Gasteiger partial charge >= 0.3 is 6.03 Å². The summed E-state index contributed by atoms with van der Waals surface area (Å²) in [4.78, 5) is 47.8. The molecule has 9 heteroatoms. The first-order chi connectivity index (χ1) is 25.2. The Kier molecular flexibility index (Phi) is 8.79. The molecule has 8 rings (SSSR count). The molecule has 9 nitrogen and oxygen atoms in total. The van der Waals surface area contributed by atoms with E-state index >= 15 is 0 Å². The number of amides is 4. The fourth-order valence-electron chi connectivity index (χ4n) is 8.03. The zero-order chi connectivity index (χ0) is 35.9. The standard InChI is InChI=1S/C43H43N5O4/c1-28-20-30-12-6-7-13-31(30)27-48(28)42(51)37-22-33-26-46(43(52)44-24-29-10-4-3-5-11-29)25-32(33)21-36(37)40-23-38(39-14-8-9-19-47(39)40)41(50)45(2)34-15-17-35(49)18-16-34/h3-7,10-13,15-18,21-23,28,49H,8-9,14,19-20,24-27H2,1-2H3,(H,44,52)/t28-/m1/s1. The second-order valence-corrected chi connectivity index (χ2v) is 14.3. The van der Waals surface area contributed by atoms with Crippen LogP contribution in [-0.2, 0) is 45.6 Å². The van der Waals surface area contributed by atoms with Gasteiger partial charge in [-0.25, -0.2) is 4.79 Å². The highest BCUT2D eigenvalue weighted by Gasteiger charge is 2.34. The number of rotatable bonds is 6. The number of carbonyl (C=O) groups excluding carboxylic acids is 3. The van der Waals surface area contributed by atoms with Crippen molar-refractivity contribution in [3.05, 3.63) is 142 Å². The molecule has 1 aromatic heterocycles. The van der Waals surface area contributed by atoms with Gasteiger partial charge in [0, 0.05) is 74.0 Å². The second kappa shape index (κ2) is 13.7. The van der Waals surface area contributed by atoms with Gasteiger partial charge in [0.05, 0.1) is 5.56 Å². The number of nitrogens with one attached hydrogen (secondary N) is 1. The van der Waals surface area contributed by atoms with Crippen LogP contribution in [0.3, 0.4) is 0 Å². The van der Waals surface area contributed by atoms with Gasteiger partial charge in [0.2, 0.25) is 0 Å². The van der Waals surface area contributed by atoms with Gasteiger partial charge in [0.15, 0.2) is 0 Å². The van der Waals surface area contributed by atoms with Crippen molar-refractivity contribution in [1.29, 1.82) is 0 Å². The number of aromatic nitrogens is 1. The molecule has 2 N–H and O–H groups in total. The number of hydrogen-bond acceptors (Lipinski definition) is 4. The molecule has 3 aliphatic heterocycles. The van der Waals surface area contributed by atoms with Crippen molar-refractivity contribution < 1.29 is 19.5 Å². The third-order valence-corrected chi connectivity index (χ3v) is 10.9. The normalized spacial score (nSPS) is 16.2. The van der Waals surface area contributed by atoms with Crippen LogP contribution in [-0.4, -0.2) is 50.4 Å². The minimum absolute atomic E-state index is 0.00101. The fourth-order valence-corrected chi connectivity index (χ4v) is 8.03. The second-order valence-electron chi connectivity index (χ2n) is 14.3. The molecule has 0 spiro atoms. The molecule has 3 aliphatic rings. The average Bonchev–Trinajstić information content (AvgIpc) is 3.78. The van der Waals surface area contributed by atoms with Crippen molar-refractivity contribution in [2.45, 2.75) is 71.4 Å². The number of aromatic hydroxyl groups is 1. The zero-order valence-corrected chi connectivity index (χ0v) is 29.6. The Bertz CT molecular complexity index is 2170. The Morgan fingerprint density at radius 3 is 2.29 bits per heavy atom. The van der Waals surface area contributed by atoms with E-state index in [4.69, 9.17) is 0 Å². The van der Waals surface area contributed by atoms with E-state index in [1.165, 1.54) is 5.56 Å². The molecule has 52 heavy (non-hydrogen) atoms. The number of nitrogens with zero attached hydrogens (tertiary/aromatic N) is 4. The number of hydrogen-bond donors (Lipinski definition) is 2. The maximum absolute atomic E-state index is 14.8. The van der Waals surface area contributed by atoms with E-state index < -0.39 is 0 Å². The Hall–Kier alpha value is -5.83. The van der Waals surface area contributed by atoms with Crippen LogP contribution >= 0.6 is 0 Å². The van der Waals surface area contributed by atoms with Crippen LogP contribution in [0.15, 0.2) is 97.1 Å². The number of urea groups is 1. The molecule has 0 saturated heterocycles. The lowest BCUT2D eigenvalue weighted by Crippen LogP contribution is -2.42. The highest BCUT2D eigenvalue weighted by atomic mass is 16.3. The van der Waals surface area contributed by atoms with Gasteiger partial charge in [-0.1, -0.05) is 54.6 Å².